The third-order valence-corrected chi connectivity index (χ3v) is 3.10. The SMILES string of the molecule is CC1OCCC1(C)NCc1ncc[nH]1. The van der Waals surface area contributed by atoms with E-state index in [1.54, 1.807) is 6.20 Å². The van der Waals surface area contributed by atoms with Crippen molar-refractivity contribution in [2.24, 2.45) is 0 Å². The van der Waals surface area contributed by atoms with Crippen LogP contribution in [0.5, 0.6) is 0 Å². The minimum absolute atomic E-state index is 0.0901. The lowest BCUT2D eigenvalue weighted by Crippen LogP contribution is -2.47. The molecule has 2 unspecified atom stereocenters. The van der Waals surface area contributed by atoms with Gasteiger partial charge in [-0.1, -0.05) is 0 Å². The Morgan fingerprint density at radius 1 is 1.79 bits per heavy atom. The van der Waals surface area contributed by atoms with E-state index < -0.39 is 0 Å². The van der Waals surface area contributed by atoms with Gasteiger partial charge in [-0.2, -0.15) is 0 Å². The van der Waals surface area contributed by atoms with Gasteiger partial charge in [0, 0.05) is 24.5 Å². The van der Waals surface area contributed by atoms with Gasteiger partial charge in [0.15, 0.2) is 0 Å². The summed E-state index contributed by atoms with van der Waals surface area (Å²) in [5.74, 6) is 0.977. The zero-order valence-electron chi connectivity index (χ0n) is 8.71. The van der Waals surface area contributed by atoms with E-state index in [4.69, 9.17) is 4.74 Å². The number of hydrogen-bond acceptors (Lipinski definition) is 3. The van der Waals surface area contributed by atoms with E-state index in [-0.39, 0.29) is 11.6 Å². The quantitative estimate of drug-likeness (QED) is 0.758. The van der Waals surface area contributed by atoms with Crippen LogP contribution in [0.3, 0.4) is 0 Å². The molecule has 2 atom stereocenters. The van der Waals surface area contributed by atoms with Gasteiger partial charge in [-0.3, -0.25) is 0 Å². The van der Waals surface area contributed by atoms with E-state index in [0.29, 0.717) is 0 Å². The first kappa shape index (κ1) is 9.68. The van der Waals surface area contributed by atoms with Gasteiger partial charge in [-0.15, -0.1) is 0 Å². The molecule has 14 heavy (non-hydrogen) atoms. The molecule has 1 saturated heterocycles. The van der Waals surface area contributed by atoms with Crippen LogP contribution in [0.25, 0.3) is 0 Å². The van der Waals surface area contributed by atoms with E-state index in [1.165, 1.54) is 0 Å². The van der Waals surface area contributed by atoms with Crippen LogP contribution in [-0.2, 0) is 11.3 Å². The summed E-state index contributed by atoms with van der Waals surface area (Å²) in [6, 6.07) is 0. The first-order chi connectivity index (χ1) is 6.71. The molecule has 0 spiro atoms. The van der Waals surface area contributed by atoms with Crippen molar-refractivity contribution in [2.45, 2.75) is 38.5 Å². The molecule has 0 saturated carbocycles. The summed E-state index contributed by atoms with van der Waals surface area (Å²) in [5, 5.41) is 3.49. The van der Waals surface area contributed by atoms with Gasteiger partial charge >= 0.3 is 0 Å². The molecule has 2 heterocycles. The Labute approximate surface area is 84.1 Å². The minimum atomic E-state index is 0.0901. The maximum atomic E-state index is 5.55. The van der Waals surface area contributed by atoms with E-state index in [9.17, 15) is 0 Å². The summed E-state index contributed by atoms with van der Waals surface area (Å²) >= 11 is 0. The van der Waals surface area contributed by atoms with Crippen LogP contribution < -0.4 is 5.32 Å². The second-order valence-corrected chi connectivity index (χ2v) is 4.07. The van der Waals surface area contributed by atoms with Crippen LogP contribution in [0, 0.1) is 0 Å². The second kappa shape index (κ2) is 3.71. The molecule has 0 aliphatic carbocycles. The molecule has 1 aromatic rings. The van der Waals surface area contributed by atoms with E-state index >= 15 is 0 Å². The normalized spacial score (nSPS) is 32.3. The monoisotopic (exact) mass is 195 g/mol. The number of rotatable bonds is 3. The number of hydrogen-bond donors (Lipinski definition) is 2. The van der Waals surface area contributed by atoms with Gasteiger partial charge in [0.2, 0.25) is 0 Å². The zero-order chi connectivity index (χ0) is 10.0. The van der Waals surface area contributed by atoms with Gasteiger partial charge in [0.05, 0.1) is 12.6 Å². The van der Waals surface area contributed by atoms with Crippen LogP contribution in [0.1, 0.15) is 26.1 Å². The summed E-state index contributed by atoms with van der Waals surface area (Å²) in [6.45, 7) is 5.94. The summed E-state index contributed by atoms with van der Waals surface area (Å²) < 4.78 is 5.55. The predicted octanol–water partition coefficient (Wildman–Crippen LogP) is 1.07. The Bertz CT molecular complexity index is 286. The number of ether oxygens (including phenoxy) is 1. The predicted molar refractivity (Wildman–Crippen MR) is 53.9 cm³/mol. The van der Waals surface area contributed by atoms with Gasteiger partial charge in [0.25, 0.3) is 0 Å². The van der Waals surface area contributed by atoms with Crippen LogP contribution in [0.2, 0.25) is 0 Å². The highest BCUT2D eigenvalue weighted by Gasteiger charge is 2.36. The van der Waals surface area contributed by atoms with Crippen molar-refractivity contribution in [3.05, 3.63) is 18.2 Å². The highest BCUT2D eigenvalue weighted by atomic mass is 16.5. The molecule has 0 radical (unpaired) electrons. The highest BCUT2D eigenvalue weighted by Crippen LogP contribution is 2.25. The fraction of sp³-hybridized carbons (Fsp3) is 0.700. The number of aromatic nitrogens is 2. The molecule has 1 aliphatic heterocycles. The second-order valence-electron chi connectivity index (χ2n) is 4.07. The van der Waals surface area contributed by atoms with Crippen LogP contribution in [-0.4, -0.2) is 28.2 Å². The lowest BCUT2D eigenvalue weighted by molar-refractivity contribution is 0.0879. The van der Waals surface area contributed by atoms with Gasteiger partial charge in [-0.05, 0) is 20.3 Å². The van der Waals surface area contributed by atoms with Gasteiger partial charge in [0.1, 0.15) is 5.82 Å². The fourth-order valence-corrected chi connectivity index (χ4v) is 1.75. The van der Waals surface area contributed by atoms with Crippen molar-refractivity contribution < 1.29 is 4.74 Å². The molecule has 2 N–H and O–H groups in total. The number of nitrogens with zero attached hydrogens (tertiary/aromatic N) is 1. The number of H-pyrrole nitrogens is 1. The average molecular weight is 195 g/mol. The van der Waals surface area contributed by atoms with Crippen molar-refractivity contribution in [1.82, 2.24) is 15.3 Å². The Morgan fingerprint density at radius 3 is 3.21 bits per heavy atom. The van der Waals surface area contributed by atoms with E-state index in [0.717, 1.165) is 25.4 Å². The molecule has 0 amide bonds. The zero-order valence-corrected chi connectivity index (χ0v) is 8.71. The average Bonchev–Trinajstić information content (AvgIpc) is 2.75. The molecular weight excluding hydrogens is 178 g/mol. The molecular formula is C10H17N3O. The number of aromatic amines is 1. The lowest BCUT2D eigenvalue weighted by atomic mass is 9.95. The van der Waals surface area contributed by atoms with Crippen molar-refractivity contribution in [1.29, 1.82) is 0 Å². The highest BCUT2D eigenvalue weighted by molar-refractivity contribution is 4.96. The van der Waals surface area contributed by atoms with Crippen molar-refractivity contribution >= 4 is 0 Å². The standard InChI is InChI=1S/C10H17N3O/c1-8-10(2,3-6-14-8)13-7-9-11-4-5-12-9/h4-5,8,13H,3,6-7H2,1-2H3,(H,11,12). The van der Waals surface area contributed by atoms with Crippen LogP contribution >= 0.6 is 0 Å². The smallest absolute Gasteiger partial charge is 0.120 e. The van der Waals surface area contributed by atoms with Gasteiger partial charge < -0.3 is 15.0 Å². The summed E-state index contributed by atoms with van der Waals surface area (Å²) in [7, 11) is 0. The van der Waals surface area contributed by atoms with Crippen LogP contribution in [0.15, 0.2) is 12.4 Å². The molecule has 0 bridgehead atoms. The lowest BCUT2D eigenvalue weighted by Gasteiger charge is -2.28. The number of nitrogens with one attached hydrogen (secondary N) is 2. The largest absolute Gasteiger partial charge is 0.377 e. The first-order valence-electron chi connectivity index (χ1n) is 5.05. The molecule has 0 aromatic carbocycles. The van der Waals surface area contributed by atoms with Crippen molar-refractivity contribution in [3.8, 4) is 0 Å². The molecule has 78 valence electrons. The van der Waals surface area contributed by atoms with Crippen LogP contribution in [0.4, 0.5) is 0 Å². The van der Waals surface area contributed by atoms with E-state index in [2.05, 4.69) is 29.1 Å². The first-order valence-corrected chi connectivity index (χ1v) is 5.05. The van der Waals surface area contributed by atoms with Crippen molar-refractivity contribution in [2.75, 3.05) is 6.61 Å². The van der Waals surface area contributed by atoms with E-state index in [1.807, 2.05) is 6.20 Å². The topological polar surface area (TPSA) is 49.9 Å². The fourth-order valence-electron chi connectivity index (χ4n) is 1.75. The molecule has 4 heteroatoms. The van der Waals surface area contributed by atoms with Crippen molar-refractivity contribution in [3.63, 3.8) is 0 Å². The molecule has 1 aliphatic rings. The van der Waals surface area contributed by atoms with Gasteiger partial charge in [-0.25, -0.2) is 4.98 Å². The Kier molecular flexibility index (Phi) is 2.56. The third-order valence-electron chi connectivity index (χ3n) is 3.10. The minimum Gasteiger partial charge on any atom is -0.377 e. The summed E-state index contributed by atoms with van der Waals surface area (Å²) in [4.78, 5) is 7.25. The molecule has 1 fully saturated rings. The third kappa shape index (κ3) is 1.81. The molecule has 1 aromatic heterocycles. The maximum absolute atomic E-state index is 5.55. The Balaban J connectivity index is 1.91. The Morgan fingerprint density at radius 2 is 2.64 bits per heavy atom. The maximum Gasteiger partial charge on any atom is 0.120 e. The summed E-state index contributed by atoms with van der Waals surface area (Å²) in [5.41, 5.74) is 0.0901. The molecule has 2 rings (SSSR count). The molecule has 4 nitrogen and oxygen atoms in total. The Hall–Kier alpha value is -0.870. The number of imidazole rings is 1. The summed E-state index contributed by atoms with van der Waals surface area (Å²) in [6.07, 6.45) is 4.95.